The van der Waals surface area contributed by atoms with E-state index in [0.29, 0.717) is 0 Å². The number of methoxy groups -OCH3 is 2. The van der Waals surface area contributed by atoms with E-state index in [-0.39, 0.29) is 6.61 Å². The molecule has 1 aliphatic rings. The molecule has 116 valence electrons. The molecule has 8 heteroatoms. The highest BCUT2D eigenvalue weighted by Crippen LogP contribution is 2.27. The van der Waals surface area contributed by atoms with Crippen molar-refractivity contribution in [1.29, 1.82) is 0 Å². The molecule has 0 radical (unpaired) electrons. The lowest BCUT2D eigenvalue weighted by Gasteiger charge is -2.42. The number of ether oxygens (including phenoxy) is 5. The minimum absolute atomic E-state index is 0.0587. The molecular weight excluding hydrogens is 272 g/mol. The number of hydrogen-bond donors (Lipinski definition) is 1. The molecule has 0 aromatic rings. The van der Waals surface area contributed by atoms with Crippen molar-refractivity contribution in [3.63, 3.8) is 0 Å². The molecule has 0 aromatic carbocycles. The van der Waals surface area contributed by atoms with Crippen molar-refractivity contribution in [1.82, 2.24) is 0 Å². The quantitative estimate of drug-likeness (QED) is 0.659. The van der Waals surface area contributed by atoms with Gasteiger partial charge in [-0.15, -0.1) is 0 Å². The number of carbonyl (C=O) groups is 2. The number of aliphatic hydroxyl groups is 1. The molecule has 0 amide bonds. The van der Waals surface area contributed by atoms with Crippen molar-refractivity contribution in [3.05, 3.63) is 0 Å². The highest BCUT2D eigenvalue weighted by atomic mass is 16.7. The van der Waals surface area contributed by atoms with Crippen LogP contribution in [0.15, 0.2) is 0 Å². The van der Waals surface area contributed by atoms with Gasteiger partial charge in [-0.2, -0.15) is 0 Å². The van der Waals surface area contributed by atoms with Gasteiger partial charge in [-0.25, -0.2) is 0 Å². The lowest BCUT2D eigenvalue weighted by Crippen LogP contribution is -2.61. The molecule has 0 aliphatic carbocycles. The summed E-state index contributed by atoms with van der Waals surface area (Å²) in [6, 6.07) is 0. The molecule has 1 fully saturated rings. The molecule has 5 atom stereocenters. The Morgan fingerprint density at radius 1 is 1.05 bits per heavy atom. The van der Waals surface area contributed by atoms with Crippen LogP contribution < -0.4 is 0 Å². The van der Waals surface area contributed by atoms with Crippen molar-refractivity contribution in [2.45, 2.75) is 44.6 Å². The molecule has 1 aliphatic heterocycles. The molecule has 1 rings (SSSR count). The second-order valence-corrected chi connectivity index (χ2v) is 4.37. The lowest BCUT2D eigenvalue weighted by molar-refractivity contribution is -0.297. The van der Waals surface area contributed by atoms with Crippen LogP contribution in [-0.4, -0.2) is 68.6 Å². The number of aliphatic hydroxyl groups excluding tert-OH is 1. The summed E-state index contributed by atoms with van der Waals surface area (Å²) in [5, 5.41) is 9.87. The van der Waals surface area contributed by atoms with Crippen molar-refractivity contribution >= 4 is 11.9 Å². The van der Waals surface area contributed by atoms with E-state index in [1.165, 1.54) is 28.1 Å². The molecule has 0 aromatic heterocycles. The minimum atomic E-state index is -1.32. The molecule has 0 spiro atoms. The van der Waals surface area contributed by atoms with Crippen LogP contribution in [0.5, 0.6) is 0 Å². The first-order valence-corrected chi connectivity index (χ1v) is 6.10. The van der Waals surface area contributed by atoms with Crippen LogP contribution >= 0.6 is 0 Å². The van der Waals surface area contributed by atoms with Crippen molar-refractivity contribution < 1.29 is 38.4 Å². The van der Waals surface area contributed by atoms with E-state index in [1.807, 2.05) is 0 Å². The fourth-order valence-corrected chi connectivity index (χ4v) is 2.10. The van der Waals surface area contributed by atoms with Crippen molar-refractivity contribution in [2.75, 3.05) is 20.8 Å². The second-order valence-electron chi connectivity index (χ2n) is 4.37. The van der Waals surface area contributed by atoms with Gasteiger partial charge >= 0.3 is 11.9 Å². The Kier molecular flexibility index (Phi) is 6.34. The summed E-state index contributed by atoms with van der Waals surface area (Å²) >= 11 is 0. The highest BCUT2D eigenvalue weighted by Gasteiger charge is 2.49. The van der Waals surface area contributed by atoms with Gasteiger partial charge in [0.1, 0.15) is 12.2 Å². The first-order valence-electron chi connectivity index (χ1n) is 6.10. The topological polar surface area (TPSA) is 101 Å². The van der Waals surface area contributed by atoms with Gasteiger partial charge in [0.05, 0.1) is 6.61 Å². The Bertz CT molecular complexity index is 344. The van der Waals surface area contributed by atoms with Crippen molar-refractivity contribution in [2.24, 2.45) is 0 Å². The zero-order chi connectivity index (χ0) is 15.3. The van der Waals surface area contributed by atoms with Crippen LogP contribution in [0.25, 0.3) is 0 Å². The zero-order valence-corrected chi connectivity index (χ0v) is 11.9. The Morgan fingerprint density at radius 3 is 2.05 bits per heavy atom. The maximum Gasteiger partial charge on any atom is 0.303 e. The molecule has 1 saturated heterocycles. The van der Waals surface area contributed by atoms with Gasteiger partial charge in [0.25, 0.3) is 0 Å². The molecule has 0 bridgehead atoms. The molecule has 0 saturated carbocycles. The normalized spacial score (nSPS) is 33.5. The monoisotopic (exact) mass is 292 g/mol. The summed E-state index contributed by atoms with van der Waals surface area (Å²) in [7, 11) is 2.76. The van der Waals surface area contributed by atoms with Gasteiger partial charge in [0.15, 0.2) is 18.5 Å². The van der Waals surface area contributed by atoms with Crippen LogP contribution in [0.4, 0.5) is 0 Å². The van der Waals surface area contributed by atoms with Crippen LogP contribution in [0.3, 0.4) is 0 Å². The summed E-state index contributed by atoms with van der Waals surface area (Å²) in [6.07, 6.45) is -4.96. The van der Waals surface area contributed by atoms with E-state index in [4.69, 9.17) is 23.7 Å². The van der Waals surface area contributed by atoms with E-state index in [0.717, 1.165) is 0 Å². The fourth-order valence-electron chi connectivity index (χ4n) is 2.10. The third-order valence-electron chi connectivity index (χ3n) is 2.82. The van der Waals surface area contributed by atoms with Crippen LogP contribution in [0, 0.1) is 0 Å². The largest absolute Gasteiger partial charge is 0.456 e. The average Bonchev–Trinajstić information content (AvgIpc) is 2.33. The third-order valence-corrected chi connectivity index (χ3v) is 2.82. The molecule has 20 heavy (non-hydrogen) atoms. The molecule has 1 heterocycles. The first kappa shape index (κ1) is 16.8. The van der Waals surface area contributed by atoms with Gasteiger partial charge in [-0.1, -0.05) is 0 Å². The molecule has 0 unspecified atom stereocenters. The Morgan fingerprint density at radius 2 is 1.60 bits per heavy atom. The predicted molar refractivity (Wildman–Crippen MR) is 64.7 cm³/mol. The lowest BCUT2D eigenvalue weighted by atomic mass is 9.98. The predicted octanol–water partition coefficient (Wildman–Crippen LogP) is -0.772. The first-order chi connectivity index (χ1) is 9.40. The van der Waals surface area contributed by atoms with Gasteiger partial charge < -0.3 is 28.8 Å². The summed E-state index contributed by atoms with van der Waals surface area (Å²) in [5.41, 5.74) is 0. The summed E-state index contributed by atoms with van der Waals surface area (Å²) < 4.78 is 25.6. The third kappa shape index (κ3) is 4.14. The maximum absolute atomic E-state index is 11.2. The average molecular weight is 292 g/mol. The SMILES string of the molecule is COC[C@H]1O[C@@H](O)[C@H](OC)[C@@H](OC(C)=O)[C@@H]1OC(C)=O. The van der Waals surface area contributed by atoms with Crippen LogP contribution in [0.1, 0.15) is 13.8 Å². The minimum Gasteiger partial charge on any atom is -0.456 e. The van der Waals surface area contributed by atoms with E-state index < -0.39 is 42.6 Å². The number of carbonyl (C=O) groups excluding carboxylic acids is 2. The van der Waals surface area contributed by atoms with E-state index >= 15 is 0 Å². The Hall–Kier alpha value is -1.22. The van der Waals surface area contributed by atoms with Gasteiger partial charge in [-0.3, -0.25) is 9.59 Å². The van der Waals surface area contributed by atoms with E-state index in [1.54, 1.807) is 0 Å². The summed E-state index contributed by atoms with van der Waals surface area (Å²) in [4.78, 5) is 22.4. The van der Waals surface area contributed by atoms with Gasteiger partial charge in [0, 0.05) is 28.1 Å². The van der Waals surface area contributed by atoms with Crippen LogP contribution in [-0.2, 0) is 33.3 Å². The second kappa shape index (κ2) is 7.53. The Labute approximate surface area is 116 Å². The van der Waals surface area contributed by atoms with Crippen LogP contribution in [0.2, 0.25) is 0 Å². The zero-order valence-electron chi connectivity index (χ0n) is 11.9. The number of hydrogen-bond acceptors (Lipinski definition) is 8. The maximum atomic E-state index is 11.2. The highest BCUT2D eigenvalue weighted by molar-refractivity contribution is 5.67. The number of rotatable bonds is 5. The van der Waals surface area contributed by atoms with Gasteiger partial charge in [0.2, 0.25) is 0 Å². The van der Waals surface area contributed by atoms with E-state index in [2.05, 4.69) is 0 Å². The van der Waals surface area contributed by atoms with Crippen molar-refractivity contribution in [3.8, 4) is 0 Å². The van der Waals surface area contributed by atoms with E-state index in [9.17, 15) is 14.7 Å². The molecule has 8 nitrogen and oxygen atoms in total. The molecule has 1 N–H and O–H groups in total. The standard InChI is InChI=1S/C12H20O8/c1-6(13)18-9-8(5-16-3)20-12(15)11(17-4)10(9)19-7(2)14/h8-12,15H,5H2,1-4H3/t8-,9-,10+,11-,12-/m1/s1. The molecular formula is C12H20O8. The smallest absolute Gasteiger partial charge is 0.303 e. The summed E-state index contributed by atoms with van der Waals surface area (Å²) in [5.74, 6) is -1.15. The summed E-state index contributed by atoms with van der Waals surface area (Å²) in [6.45, 7) is 2.50. The Balaban J connectivity index is 3.00. The number of esters is 2. The van der Waals surface area contributed by atoms with Gasteiger partial charge in [-0.05, 0) is 0 Å². The fraction of sp³-hybridized carbons (Fsp3) is 0.833.